The average molecular weight is 319 g/mol. The molecule has 0 fully saturated rings. The van der Waals surface area contributed by atoms with E-state index in [1.165, 1.54) is 12.1 Å². The third-order valence-electron chi connectivity index (χ3n) is 3.23. The van der Waals surface area contributed by atoms with Gasteiger partial charge in [0, 0.05) is 0 Å². The van der Waals surface area contributed by atoms with Gasteiger partial charge in [0.2, 0.25) is 10.0 Å². The second-order valence-corrected chi connectivity index (χ2v) is 6.90. The predicted molar refractivity (Wildman–Crippen MR) is 85.6 cm³/mol. The number of benzene rings is 2. The van der Waals surface area contributed by atoms with Crippen molar-refractivity contribution in [2.24, 2.45) is 0 Å². The summed E-state index contributed by atoms with van der Waals surface area (Å²) in [6.07, 6.45) is 0. The molecule has 0 unspecified atom stereocenters. The number of aromatic carboxylic acids is 1. The molecule has 0 amide bonds. The van der Waals surface area contributed by atoms with Crippen molar-refractivity contribution < 1.29 is 18.3 Å². The van der Waals surface area contributed by atoms with Crippen LogP contribution in [-0.2, 0) is 15.8 Å². The highest BCUT2D eigenvalue weighted by atomic mass is 32.2. The first-order valence-corrected chi connectivity index (χ1v) is 8.32. The van der Waals surface area contributed by atoms with Gasteiger partial charge in [-0.3, -0.25) is 4.72 Å². The van der Waals surface area contributed by atoms with E-state index in [1.54, 1.807) is 25.1 Å². The average Bonchev–Trinajstić information content (AvgIpc) is 2.43. The fourth-order valence-electron chi connectivity index (χ4n) is 1.97. The Hall–Kier alpha value is -2.34. The van der Waals surface area contributed by atoms with Crippen molar-refractivity contribution in [2.45, 2.75) is 19.6 Å². The molecule has 2 aromatic carbocycles. The van der Waals surface area contributed by atoms with Crippen LogP contribution in [0.25, 0.3) is 0 Å². The first-order chi connectivity index (χ1) is 10.3. The quantitative estimate of drug-likeness (QED) is 0.887. The maximum absolute atomic E-state index is 12.2. The molecule has 116 valence electrons. The monoisotopic (exact) mass is 319 g/mol. The second-order valence-electron chi connectivity index (χ2n) is 5.18. The molecule has 0 aromatic heterocycles. The molecule has 2 aromatic rings. The molecule has 0 bridgehead atoms. The summed E-state index contributed by atoms with van der Waals surface area (Å²) in [7, 11) is -3.61. The van der Waals surface area contributed by atoms with Gasteiger partial charge in [-0.2, -0.15) is 0 Å². The number of carboxylic acid groups (broad SMARTS) is 1. The predicted octanol–water partition coefficient (Wildman–Crippen LogP) is 2.94. The number of hydrogen-bond acceptors (Lipinski definition) is 3. The molecule has 0 spiro atoms. The Balaban J connectivity index is 2.23. The summed E-state index contributed by atoms with van der Waals surface area (Å²) in [6, 6.07) is 11.6. The largest absolute Gasteiger partial charge is 0.478 e. The Bertz CT molecular complexity index is 795. The zero-order chi connectivity index (χ0) is 16.3. The molecule has 0 heterocycles. The van der Waals surface area contributed by atoms with E-state index in [4.69, 9.17) is 5.11 Å². The molecule has 0 radical (unpaired) electrons. The third-order valence-corrected chi connectivity index (χ3v) is 4.47. The van der Waals surface area contributed by atoms with Gasteiger partial charge in [0.25, 0.3) is 0 Å². The molecular formula is C16H17NO4S. The Kier molecular flexibility index (Phi) is 4.51. The molecule has 5 nitrogen and oxygen atoms in total. The molecule has 2 N–H and O–H groups in total. The summed E-state index contributed by atoms with van der Waals surface area (Å²) >= 11 is 0. The first-order valence-electron chi connectivity index (χ1n) is 6.67. The minimum atomic E-state index is -3.61. The zero-order valence-electron chi connectivity index (χ0n) is 12.3. The van der Waals surface area contributed by atoms with Crippen molar-refractivity contribution in [3.8, 4) is 0 Å². The lowest BCUT2D eigenvalue weighted by atomic mass is 10.1. The normalized spacial score (nSPS) is 11.2. The van der Waals surface area contributed by atoms with Crippen LogP contribution in [0.5, 0.6) is 0 Å². The number of carboxylic acids is 1. The van der Waals surface area contributed by atoms with E-state index < -0.39 is 16.0 Å². The molecular weight excluding hydrogens is 302 g/mol. The topological polar surface area (TPSA) is 83.5 Å². The Morgan fingerprint density at radius 1 is 1.09 bits per heavy atom. The molecule has 0 aliphatic heterocycles. The van der Waals surface area contributed by atoms with E-state index in [-0.39, 0.29) is 17.0 Å². The van der Waals surface area contributed by atoms with Gasteiger partial charge in [0.15, 0.2) is 0 Å². The van der Waals surface area contributed by atoms with E-state index in [0.717, 1.165) is 5.56 Å². The van der Waals surface area contributed by atoms with Crippen LogP contribution in [0.3, 0.4) is 0 Å². The van der Waals surface area contributed by atoms with Gasteiger partial charge in [0.05, 0.1) is 17.0 Å². The Morgan fingerprint density at radius 3 is 2.32 bits per heavy atom. The van der Waals surface area contributed by atoms with E-state index in [2.05, 4.69) is 4.72 Å². The van der Waals surface area contributed by atoms with Crippen LogP contribution in [0.15, 0.2) is 42.5 Å². The highest BCUT2D eigenvalue weighted by Gasteiger charge is 2.14. The highest BCUT2D eigenvalue weighted by molar-refractivity contribution is 7.91. The lowest BCUT2D eigenvalue weighted by molar-refractivity contribution is 0.0697. The number of sulfonamides is 1. The summed E-state index contributed by atoms with van der Waals surface area (Å²) in [6.45, 7) is 3.65. The first kappa shape index (κ1) is 16.0. The SMILES string of the molecule is Cc1ccc(CS(=O)(=O)Nc2cc(C(=O)O)ccc2C)cc1. The third kappa shape index (κ3) is 4.08. The van der Waals surface area contributed by atoms with Crippen LogP contribution in [0.2, 0.25) is 0 Å². The van der Waals surface area contributed by atoms with Crippen LogP contribution < -0.4 is 4.72 Å². The standard InChI is InChI=1S/C16H17NO4S/c1-11-3-6-13(7-4-11)10-22(20,21)17-15-9-14(16(18)19)8-5-12(15)2/h3-9,17H,10H2,1-2H3,(H,18,19). The summed E-state index contributed by atoms with van der Waals surface area (Å²) in [5, 5.41) is 8.98. The highest BCUT2D eigenvalue weighted by Crippen LogP contribution is 2.20. The van der Waals surface area contributed by atoms with Crippen LogP contribution in [0.4, 0.5) is 5.69 Å². The molecule has 2 rings (SSSR count). The van der Waals surface area contributed by atoms with Gasteiger partial charge in [-0.15, -0.1) is 0 Å². The van der Waals surface area contributed by atoms with Gasteiger partial charge in [-0.1, -0.05) is 35.9 Å². The second kappa shape index (κ2) is 6.19. The van der Waals surface area contributed by atoms with Crippen LogP contribution >= 0.6 is 0 Å². The maximum atomic E-state index is 12.2. The van der Waals surface area contributed by atoms with Gasteiger partial charge >= 0.3 is 5.97 Å². The minimum Gasteiger partial charge on any atom is -0.478 e. The van der Waals surface area contributed by atoms with Crippen molar-refractivity contribution in [3.63, 3.8) is 0 Å². The summed E-state index contributed by atoms with van der Waals surface area (Å²) in [5.41, 5.74) is 2.72. The van der Waals surface area contributed by atoms with Gasteiger partial charge in [0.1, 0.15) is 0 Å². The molecule has 0 atom stereocenters. The number of rotatable bonds is 5. The number of aryl methyl sites for hydroxylation is 2. The Labute approximate surface area is 129 Å². The number of anilines is 1. The molecule has 22 heavy (non-hydrogen) atoms. The summed E-state index contributed by atoms with van der Waals surface area (Å²) in [5.74, 6) is -1.26. The molecule has 6 heteroatoms. The number of nitrogens with one attached hydrogen (secondary N) is 1. The molecule has 0 saturated heterocycles. The van der Waals surface area contributed by atoms with Gasteiger partial charge in [-0.05, 0) is 37.1 Å². The Morgan fingerprint density at radius 2 is 1.73 bits per heavy atom. The summed E-state index contributed by atoms with van der Waals surface area (Å²) < 4.78 is 26.9. The van der Waals surface area contributed by atoms with Gasteiger partial charge in [-0.25, -0.2) is 13.2 Å². The van der Waals surface area contributed by atoms with Crippen LogP contribution in [-0.4, -0.2) is 19.5 Å². The summed E-state index contributed by atoms with van der Waals surface area (Å²) in [4.78, 5) is 11.0. The van der Waals surface area contributed by atoms with E-state index in [9.17, 15) is 13.2 Å². The fourth-order valence-corrected chi connectivity index (χ4v) is 3.23. The van der Waals surface area contributed by atoms with Gasteiger partial charge < -0.3 is 5.11 Å². The van der Waals surface area contributed by atoms with Crippen molar-refractivity contribution in [1.82, 2.24) is 0 Å². The smallest absolute Gasteiger partial charge is 0.335 e. The lowest BCUT2D eigenvalue weighted by Gasteiger charge is -2.11. The number of hydrogen-bond donors (Lipinski definition) is 2. The van der Waals surface area contributed by atoms with E-state index in [0.29, 0.717) is 11.1 Å². The molecule has 0 aliphatic carbocycles. The number of carbonyl (C=O) groups is 1. The van der Waals surface area contributed by atoms with Crippen molar-refractivity contribution >= 4 is 21.7 Å². The van der Waals surface area contributed by atoms with Crippen molar-refractivity contribution in [3.05, 3.63) is 64.7 Å². The zero-order valence-corrected chi connectivity index (χ0v) is 13.1. The minimum absolute atomic E-state index is 0.0404. The molecule has 0 aliphatic rings. The van der Waals surface area contributed by atoms with Crippen molar-refractivity contribution in [1.29, 1.82) is 0 Å². The van der Waals surface area contributed by atoms with Crippen LogP contribution in [0.1, 0.15) is 27.0 Å². The maximum Gasteiger partial charge on any atom is 0.335 e. The van der Waals surface area contributed by atoms with Crippen LogP contribution in [0, 0.1) is 13.8 Å². The lowest BCUT2D eigenvalue weighted by Crippen LogP contribution is -2.16. The molecule has 0 saturated carbocycles. The van der Waals surface area contributed by atoms with E-state index in [1.807, 2.05) is 19.1 Å². The van der Waals surface area contributed by atoms with Crippen molar-refractivity contribution in [2.75, 3.05) is 4.72 Å². The van der Waals surface area contributed by atoms with E-state index >= 15 is 0 Å². The fraction of sp³-hybridized carbons (Fsp3) is 0.188.